The number of alkyl carbamates (subject to hydrolysis) is 1. The SMILES string of the molecule is COc1cc(CCCCC2OC(=O)NC2=O)ccc1O. The topological polar surface area (TPSA) is 84.9 Å². The van der Waals surface area contributed by atoms with Crippen LogP contribution in [0.4, 0.5) is 4.79 Å². The Bertz CT molecular complexity index is 514. The minimum absolute atomic E-state index is 0.116. The zero-order valence-corrected chi connectivity index (χ0v) is 11.2. The van der Waals surface area contributed by atoms with Crippen molar-refractivity contribution in [3.05, 3.63) is 23.8 Å². The number of phenolic OH excluding ortho intramolecular Hbond substituents is 1. The molecule has 1 aliphatic heterocycles. The van der Waals surface area contributed by atoms with Crippen LogP contribution in [0.25, 0.3) is 0 Å². The maximum absolute atomic E-state index is 11.3. The number of rotatable bonds is 6. The van der Waals surface area contributed by atoms with Crippen LogP contribution in [-0.2, 0) is 16.0 Å². The van der Waals surface area contributed by atoms with Crippen molar-refractivity contribution in [2.75, 3.05) is 7.11 Å². The number of cyclic esters (lactones) is 1. The number of phenols is 1. The van der Waals surface area contributed by atoms with Gasteiger partial charge < -0.3 is 14.6 Å². The van der Waals surface area contributed by atoms with Gasteiger partial charge in [0.1, 0.15) is 0 Å². The van der Waals surface area contributed by atoms with E-state index in [9.17, 15) is 14.7 Å². The number of ether oxygens (including phenoxy) is 2. The first-order chi connectivity index (χ1) is 9.60. The highest BCUT2D eigenvalue weighted by atomic mass is 16.6. The number of carbonyl (C=O) groups excluding carboxylic acids is 2. The van der Waals surface area contributed by atoms with Gasteiger partial charge in [0, 0.05) is 0 Å². The van der Waals surface area contributed by atoms with Crippen molar-refractivity contribution >= 4 is 12.0 Å². The number of benzene rings is 1. The van der Waals surface area contributed by atoms with Crippen LogP contribution in [-0.4, -0.2) is 30.3 Å². The fourth-order valence-electron chi connectivity index (χ4n) is 2.12. The van der Waals surface area contributed by atoms with Crippen LogP contribution in [0.3, 0.4) is 0 Å². The Hall–Kier alpha value is -2.24. The molecule has 6 nitrogen and oxygen atoms in total. The zero-order valence-electron chi connectivity index (χ0n) is 11.2. The summed E-state index contributed by atoms with van der Waals surface area (Å²) in [6.07, 6.45) is 1.63. The molecule has 0 bridgehead atoms. The summed E-state index contributed by atoms with van der Waals surface area (Å²) in [7, 11) is 1.51. The highest BCUT2D eigenvalue weighted by Crippen LogP contribution is 2.27. The van der Waals surface area contributed by atoms with Crippen LogP contribution >= 0.6 is 0 Å². The summed E-state index contributed by atoms with van der Waals surface area (Å²) < 4.78 is 9.86. The largest absolute Gasteiger partial charge is 0.504 e. The molecule has 1 atom stereocenters. The van der Waals surface area contributed by atoms with Crippen LogP contribution in [0.1, 0.15) is 24.8 Å². The number of methoxy groups -OCH3 is 1. The molecule has 6 heteroatoms. The normalized spacial score (nSPS) is 17.8. The predicted octanol–water partition coefficient (Wildman–Crippen LogP) is 1.75. The van der Waals surface area contributed by atoms with Crippen LogP contribution in [0.15, 0.2) is 18.2 Å². The van der Waals surface area contributed by atoms with E-state index in [1.807, 2.05) is 6.07 Å². The summed E-state index contributed by atoms with van der Waals surface area (Å²) in [5, 5.41) is 11.6. The van der Waals surface area contributed by atoms with Gasteiger partial charge in [0.05, 0.1) is 7.11 Å². The lowest BCUT2D eigenvalue weighted by Crippen LogP contribution is -2.24. The van der Waals surface area contributed by atoms with E-state index in [0.717, 1.165) is 24.8 Å². The molecule has 1 saturated heterocycles. The van der Waals surface area contributed by atoms with Crippen LogP contribution in [0, 0.1) is 0 Å². The number of imide groups is 1. The molecular weight excluding hydrogens is 262 g/mol. The van der Waals surface area contributed by atoms with Crippen LogP contribution in [0.5, 0.6) is 11.5 Å². The number of amides is 2. The van der Waals surface area contributed by atoms with E-state index in [0.29, 0.717) is 12.2 Å². The molecule has 1 aliphatic rings. The first-order valence-corrected chi connectivity index (χ1v) is 6.47. The lowest BCUT2D eigenvalue weighted by atomic mass is 10.0. The third kappa shape index (κ3) is 3.40. The summed E-state index contributed by atoms with van der Waals surface area (Å²) in [4.78, 5) is 22.1. The summed E-state index contributed by atoms with van der Waals surface area (Å²) in [6.45, 7) is 0. The van der Waals surface area contributed by atoms with Gasteiger partial charge in [-0.05, 0) is 43.4 Å². The molecular formula is C14H17NO5. The number of aryl methyl sites for hydroxylation is 1. The van der Waals surface area contributed by atoms with Gasteiger partial charge >= 0.3 is 6.09 Å². The standard InChI is InChI=1S/C14H17NO5/c1-19-12-8-9(6-7-10(12)16)4-2-3-5-11-13(17)15-14(18)20-11/h6-8,11,16H,2-5H2,1H3,(H,15,17,18). The Labute approximate surface area is 116 Å². The molecule has 20 heavy (non-hydrogen) atoms. The Morgan fingerprint density at radius 2 is 2.15 bits per heavy atom. The molecule has 1 unspecified atom stereocenters. The van der Waals surface area contributed by atoms with E-state index in [2.05, 4.69) is 5.32 Å². The monoisotopic (exact) mass is 279 g/mol. The maximum atomic E-state index is 11.3. The number of aromatic hydroxyl groups is 1. The van der Waals surface area contributed by atoms with Crippen LogP contribution < -0.4 is 10.1 Å². The number of hydrogen-bond acceptors (Lipinski definition) is 5. The molecule has 0 spiro atoms. The van der Waals surface area contributed by atoms with Gasteiger partial charge in [-0.3, -0.25) is 10.1 Å². The van der Waals surface area contributed by atoms with Gasteiger partial charge in [0.2, 0.25) is 0 Å². The second kappa shape index (κ2) is 6.27. The first-order valence-electron chi connectivity index (χ1n) is 6.47. The molecule has 1 aromatic rings. The van der Waals surface area contributed by atoms with Crippen molar-refractivity contribution in [2.24, 2.45) is 0 Å². The Morgan fingerprint density at radius 3 is 2.80 bits per heavy atom. The van der Waals surface area contributed by atoms with Crippen molar-refractivity contribution in [1.82, 2.24) is 5.32 Å². The van der Waals surface area contributed by atoms with Gasteiger partial charge in [-0.25, -0.2) is 4.79 Å². The first kappa shape index (κ1) is 14.2. The zero-order chi connectivity index (χ0) is 14.5. The van der Waals surface area contributed by atoms with E-state index in [-0.39, 0.29) is 11.7 Å². The van der Waals surface area contributed by atoms with Gasteiger partial charge in [0.25, 0.3) is 5.91 Å². The summed E-state index contributed by atoms with van der Waals surface area (Å²) in [5.41, 5.74) is 1.05. The Kier molecular flexibility index (Phi) is 4.45. The molecule has 0 aliphatic carbocycles. The van der Waals surface area contributed by atoms with Crippen molar-refractivity contribution in [3.8, 4) is 11.5 Å². The van der Waals surface area contributed by atoms with Crippen molar-refractivity contribution in [3.63, 3.8) is 0 Å². The molecule has 0 aromatic heterocycles. The Morgan fingerprint density at radius 1 is 1.35 bits per heavy atom. The average molecular weight is 279 g/mol. The molecule has 0 saturated carbocycles. The number of carbonyl (C=O) groups is 2. The Balaban J connectivity index is 1.76. The van der Waals surface area contributed by atoms with Crippen molar-refractivity contribution < 1.29 is 24.2 Å². The van der Waals surface area contributed by atoms with E-state index >= 15 is 0 Å². The van der Waals surface area contributed by atoms with Gasteiger partial charge in [-0.15, -0.1) is 0 Å². The molecule has 1 aromatic carbocycles. The third-order valence-electron chi connectivity index (χ3n) is 3.19. The van der Waals surface area contributed by atoms with E-state index in [1.165, 1.54) is 7.11 Å². The van der Waals surface area contributed by atoms with E-state index < -0.39 is 12.2 Å². The fraction of sp³-hybridized carbons (Fsp3) is 0.429. The lowest BCUT2D eigenvalue weighted by Gasteiger charge is -2.08. The van der Waals surface area contributed by atoms with Gasteiger partial charge in [-0.1, -0.05) is 6.07 Å². The van der Waals surface area contributed by atoms with E-state index in [1.54, 1.807) is 12.1 Å². The molecule has 108 valence electrons. The number of unbranched alkanes of at least 4 members (excludes halogenated alkanes) is 1. The molecule has 1 fully saturated rings. The fourth-order valence-corrected chi connectivity index (χ4v) is 2.12. The second-order valence-corrected chi connectivity index (χ2v) is 4.64. The second-order valence-electron chi connectivity index (χ2n) is 4.64. The summed E-state index contributed by atoms with van der Waals surface area (Å²) in [5.74, 6) is 0.207. The van der Waals surface area contributed by atoms with Gasteiger partial charge in [0.15, 0.2) is 17.6 Å². The third-order valence-corrected chi connectivity index (χ3v) is 3.19. The van der Waals surface area contributed by atoms with Crippen molar-refractivity contribution in [2.45, 2.75) is 31.8 Å². The molecule has 2 N–H and O–H groups in total. The lowest BCUT2D eigenvalue weighted by molar-refractivity contribution is -0.123. The van der Waals surface area contributed by atoms with E-state index in [4.69, 9.17) is 9.47 Å². The summed E-state index contributed by atoms with van der Waals surface area (Å²) >= 11 is 0. The predicted molar refractivity (Wildman–Crippen MR) is 70.6 cm³/mol. The van der Waals surface area contributed by atoms with Crippen molar-refractivity contribution in [1.29, 1.82) is 0 Å². The average Bonchev–Trinajstić information content (AvgIpc) is 2.75. The minimum atomic E-state index is -0.664. The molecule has 2 rings (SSSR count). The maximum Gasteiger partial charge on any atom is 0.414 e. The van der Waals surface area contributed by atoms with Crippen LogP contribution in [0.2, 0.25) is 0 Å². The minimum Gasteiger partial charge on any atom is -0.504 e. The molecule has 2 amide bonds. The number of hydrogen-bond donors (Lipinski definition) is 2. The molecule has 0 radical (unpaired) electrons. The smallest absolute Gasteiger partial charge is 0.414 e. The summed E-state index contributed by atoms with van der Waals surface area (Å²) in [6, 6.07) is 5.22. The van der Waals surface area contributed by atoms with Gasteiger partial charge in [-0.2, -0.15) is 0 Å². The molecule has 1 heterocycles. The highest BCUT2D eigenvalue weighted by Gasteiger charge is 2.31. The highest BCUT2D eigenvalue weighted by molar-refractivity contribution is 5.99. The quantitative estimate of drug-likeness (QED) is 0.775. The number of nitrogens with one attached hydrogen (secondary N) is 1.